The van der Waals surface area contributed by atoms with Crippen molar-refractivity contribution < 1.29 is 9.53 Å². The minimum atomic E-state index is 0. The van der Waals surface area contributed by atoms with Crippen LogP contribution in [0.1, 0.15) is 12.5 Å². The topological polar surface area (TPSA) is 56.8 Å². The highest BCUT2D eigenvalue weighted by Gasteiger charge is 2.39. The summed E-state index contributed by atoms with van der Waals surface area (Å²) < 4.78 is 5.28. The highest BCUT2D eigenvalue weighted by molar-refractivity contribution is 5.92. The van der Waals surface area contributed by atoms with Crippen molar-refractivity contribution in [1.82, 2.24) is 15.6 Å². The number of amides is 2. The summed E-state index contributed by atoms with van der Waals surface area (Å²) in [5.41, 5.74) is 5.17. The Labute approximate surface area is 137 Å². The molecule has 0 radical (unpaired) electrons. The fraction of sp³-hybridized carbons (Fsp3) is 0.533. The molecule has 2 amide bonds. The van der Waals surface area contributed by atoms with E-state index in [0.29, 0.717) is 0 Å². The van der Waals surface area contributed by atoms with Crippen LogP contribution in [0.4, 0.5) is 10.5 Å². The Kier molecular flexibility index (Phi) is 5.16. The summed E-state index contributed by atoms with van der Waals surface area (Å²) in [6.07, 6.45) is 0. The molecule has 3 rings (SSSR count). The second-order valence-electron chi connectivity index (χ2n) is 5.65. The predicted molar refractivity (Wildman–Crippen MR) is 88.8 cm³/mol. The van der Waals surface area contributed by atoms with Gasteiger partial charge in [0, 0.05) is 25.7 Å². The largest absolute Gasteiger partial charge is 0.496 e. The fourth-order valence-electron chi connectivity index (χ4n) is 3.07. The third kappa shape index (κ3) is 2.86. The maximum Gasteiger partial charge on any atom is 0.339 e. The van der Waals surface area contributed by atoms with Gasteiger partial charge in [-0.2, -0.15) is 0 Å². The molecule has 2 saturated heterocycles. The van der Waals surface area contributed by atoms with Crippen molar-refractivity contribution in [3.8, 4) is 5.75 Å². The maximum absolute atomic E-state index is 12.7. The van der Waals surface area contributed by atoms with Crippen LogP contribution in [0.25, 0.3) is 0 Å². The Bertz CT molecular complexity index is 554. The number of nitrogens with one attached hydrogen (secondary N) is 2. The number of carbonyl (C=O) groups is 1. The van der Waals surface area contributed by atoms with Crippen LogP contribution in [0.5, 0.6) is 5.75 Å². The Hall–Kier alpha value is -1.50. The lowest BCUT2D eigenvalue weighted by Gasteiger charge is -2.47. The summed E-state index contributed by atoms with van der Waals surface area (Å²) in [5.74, 6) is 0.830. The fourth-order valence-corrected chi connectivity index (χ4v) is 3.07. The standard InChI is InChI=1S/C15H22N4O2.ClH/c1-10-8-12(4-5-14(10)21-3)19-15(20)18-7-6-16-9-13(18)11(2)17-19;/h4-5,8,11,13,16-17H,6-7,9H2,1-3H3;1H. The molecule has 122 valence electrons. The van der Waals surface area contributed by atoms with Crippen LogP contribution in [-0.2, 0) is 0 Å². The molecule has 0 aromatic heterocycles. The Morgan fingerprint density at radius 3 is 2.82 bits per heavy atom. The van der Waals surface area contributed by atoms with Gasteiger partial charge >= 0.3 is 6.03 Å². The van der Waals surface area contributed by atoms with Crippen LogP contribution in [0.2, 0.25) is 0 Å². The van der Waals surface area contributed by atoms with Gasteiger partial charge < -0.3 is 15.0 Å². The first-order valence-corrected chi connectivity index (χ1v) is 7.34. The molecular formula is C15H23ClN4O2. The minimum absolute atomic E-state index is 0. The van der Waals surface area contributed by atoms with Gasteiger partial charge in [-0.1, -0.05) is 0 Å². The number of hydrogen-bond donors (Lipinski definition) is 2. The maximum atomic E-state index is 12.7. The molecule has 1 aromatic rings. The van der Waals surface area contributed by atoms with Gasteiger partial charge in [0.15, 0.2) is 0 Å². The van der Waals surface area contributed by atoms with Gasteiger partial charge in [-0.25, -0.2) is 15.2 Å². The summed E-state index contributed by atoms with van der Waals surface area (Å²) in [6.45, 7) is 6.54. The molecule has 2 aliphatic heterocycles. The summed E-state index contributed by atoms with van der Waals surface area (Å²) in [7, 11) is 1.65. The number of nitrogens with zero attached hydrogens (tertiary/aromatic N) is 2. The number of ether oxygens (including phenoxy) is 1. The monoisotopic (exact) mass is 326 g/mol. The highest BCUT2D eigenvalue weighted by atomic mass is 35.5. The molecule has 7 heteroatoms. The van der Waals surface area contributed by atoms with Crippen LogP contribution in [0.3, 0.4) is 0 Å². The van der Waals surface area contributed by atoms with E-state index in [0.717, 1.165) is 36.6 Å². The first-order valence-electron chi connectivity index (χ1n) is 7.34. The molecule has 2 heterocycles. The molecule has 0 aliphatic carbocycles. The van der Waals surface area contributed by atoms with Crippen molar-refractivity contribution >= 4 is 24.1 Å². The van der Waals surface area contributed by atoms with Gasteiger partial charge in [0.25, 0.3) is 0 Å². The second kappa shape index (κ2) is 6.73. The van der Waals surface area contributed by atoms with Crippen LogP contribution in [-0.4, -0.2) is 49.8 Å². The quantitative estimate of drug-likeness (QED) is 0.865. The van der Waals surface area contributed by atoms with Crippen molar-refractivity contribution in [1.29, 1.82) is 0 Å². The average Bonchev–Trinajstić information content (AvgIpc) is 2.51. The zero-order chi connectivity index (χ0) is 15.0. The molecular weight excluding hydrogens is 304 g/mol. The van der Waals surface area contributed by atoms with Crippen LogP contribution >= 0.6 is 12.4 Å². The SMILES string of the molecule is COc1ccc(N2NC(C)C3CNCCN3C2=O)cc1C.Cl. The van der Waals surface area contributed by atoms with E-state index >= 15 is 0 Å². The van der Waals surface area contributed by atoms with Gasteiger partial charge in [-0.15, -0.1) is 12.4 Å². The highest BCUT2D eigenvalue weighted by Crippen LogP contribution is 2.27. The molecule has 6 nitrogen and oxygen atoms in total. The lowest BCUT2D eigenvalue weighted by atomic mass is 10.1. The van der Waals surface area contributed by atoms with E-state index < -0.39 is 0 Å². The first-order chi connectivity index (χ1) is 10.1. The molecule has 2 unspecified atom stereocenters. The van der Waals surface area contributed by atoms with Crippen molar-refractivity contribution in [2.75, 3.05) is 31.8 Å². The number of hydrazine groups is 1. The third-order valence-corrected chi connectivity index (χ3v) is 4.27. The summed E-state index contributed by atoms with van der Waals surface area (Å²) >= 11 is 0. The van der Waals surface area contributed by atoms with Gasteiger partial charge in [-0.05, 0) is 37.6 Å². The molecule has 2 fully saturated rings. The van der Waals surface area contributed by atoms with E-state index in [-0.39, 0.29) is 30.5 Å². The molecule has 0 bridgehead atoms. The number of aryl methyl sites for hydroxylation is 1. The van der Waals surface area contributed by atoms with E-state index in [2.05, 4.69) is 17.7 Å². The average molecular weight is 327 g/mol. The lowest BCUT2D eigenvalue weighted by molar-refractivity contribution is 0.121. The number of piperazine rings is 1. The number of urea groups is 1. The molecule has 22 heavy (non-hydrogen) atoms. The number of hydrogen-bond acceptors (Lipinski definition) is 4. The number of fused-ring (bicyclic) bond motifs is 1. The number of carbonyl (C=O) groups excluding carboxylic acids is 1. The first kappa shape index (κ1) is 16.9. The van der Waals surface area contributed by atoms with E-state index in [1.54, 1.807) is 12.1 Å². The number of halogens is 1. The predicted octanol–water partition coefficient (Wildman–Crippen LogP) is 1.53. The van der Waals surface area contributed by atoms with Crippen molar-refractivity contribution in [3.63, 3.8) is 0 Å². The number of rotatable bonds is 2. The van der Waals surface area contributed by atoms with E-state index in [4.69, 9.17) is 4.74 Å². The van der Waals surface area contributed by atoms with Gasteiger partial charge in [0.1, 0.15) is 5.75 Å². The van der Waals surface area contributed by atoms with Crippen LogP contribution in [0, 0.1) is 6.92 Å². The molecule has 2 atom stereocenters. The normalized spacial score (nSPS) is 24.6. The van der Waals surface area contributed by atoms with Crippen molar-refractivity contribution in [2.45, 2.75) is 25.9 Å². The number of anilines is 1. The summed E-state index contributed by atoms with van der Waals surface area (Å²) in [4.78, 5) is 14.7. The Balaban J connectivity index is 0.00000176. The smallest absolute Gasteiger partial charge is 0.339 e. The zero-order valence-electron chi connectivity index (χ0n) is 13.1. The van der Waals surface area contributed by atoms with Crippen LogP contribution in [0.15, 0.2) is 18.2 Å². The number of methoxy groups -OCH3 is 1. The van der Waals surface area contributed by atoms with Crippen molar-refractivity contribution in [3.05, 3.63) is 23.8 Å². The van der Waals surface area contributed by atoms with Crippen molar-refractivity contribution in [2.24, 2.45) is 0 Å². The molecule has 0 spiro atoms. The third-order valence-electron chi connectivity index (χ3n) is 4.27. The molecule has 1 aromatic carbocycles. The second-order valence-corrected chi connectivity index (χ2v) is 5.65. The summed E-state index contributed by atoms with van der Waals surface area (Å²) in [5, 5.41) is 5.00. The zero-order valence-corrected chi connectivity index (χ0v) is 13.9. The molecule has 2 N–H and O–H groups in total. The van der Waals surface area contributed by atoms with E-state index in [1.165, 1.54) is 0 Å². The van der Waals surface area contributed by atoms with Gasteiger partial charge in [-0.3, -0.25) is 0 Å². The summed E-state index contributed by atoms with van der Waals surface area (Å²) in [6, 6.07) is 6.21. The number of benzene rings is 1. The lowest BCUT2D eigenvalue weighted by Crippen LogP contribution is -2.71. The van der Waals surface area contributed by atoms with E-state index in [1.807, 2.05) is 30.0 Å². The van der Waals surface area contributed by atoms with E-state index in [9.17, 15) is 4.79 Å². The Morgan fingerprint density at radius 1 is 1.36 bits per heavy atom. The molecule has 2 aliphatic rings. The minimum Gasteiger partial charge on any atom is -0.496 e. The Morgan fingerprint density at radius 2 is 2.14 bits per heavy atom. The van der Waals surface area contributed by atoms with Crippen LogP contribution < -0.4 is 20.5 Å². The van der Waals surface area contributed by atoms with Gasteiger partial charge in [0.05, 0.1) is 18.8 Å². The molecule has 0 saturated carbocycles. The van der Waals surface area contributed by atoms with Gasteiger partial charge in [0.2, 0.25) is 0 Å².